The molecular formula is C8H9ClN2. The molecule has 0 atom stereocenters. The predicted octanol–water partition coefficient (Wildman–Crippen LogP) is 1.94. The van der Waals surface area contributed by atoms with Crippen LogP contribution in [0.5, 0.6) is 0 Å². The summed E-state index contributed by atoms with van der Waals surface area (Å²) in [6.45, 7) is 0. The average Bonchev–Trinajstić information content (AvgIpc) is 2.36. The smallest absolute Gasteiger partial charge is 0.0681 e. The Morgan fingerprint density at radius 2 is 1.73 bits per heavy atom. The highest BCUT2D eigenvalue weighted by atomic mass is 35.5. The van der Waals surface area contributed by atoms with E-state index in [1.165, 1.54) is 0 Å². The van der Waals surface area contributed by atoms with Gasteiger partial charge in [-0.25, -0.2) is 0 Å². The second-order valence-electron chi connectivity index (χ2n) is 2.26. The Balaban J connectivity index is 0.000000605. The van der Waals surface area contributed by atoms with Gasteiger partial charge in [-0.15, -0.1) is 12.4 Å². The molecule has 2 rings (SSSR count). The molecule has 0 spiro atoms. The van der Waals surface area contributed by atoms with Crippen LogP contribution in [0.4, 0.5) is 5.69 Å². The summed E-state index contributed by atoms with van der Waals surface area (Å²) in [5.74, 6) is 0. The zero-order chi connectivity index (χ0) is 6.97. The summed E-state index contributed by atoms with van der Waals surface area (Å²) >= 11 is 0. The molecule has 2 aromatic rings. The highest BCUT2D eigenvalue weighted by Crippen LogP contribution is 2.11. The number of aromatic nitrogens is 1. The zero-order valence-electron chi connectivity index (χ0n) is 5.90. The summed E-state index contributed by atoms with van der Waals surface area (Å²) in [6, 6.07) is 7.80. The number of nitrogens with two attached hydrogens (primary N) is 1. The maximum Gasteiger partial charge on any atom is 0.0681 e. The number of fused-ring (bicyclic) bond motifs is 1. The molecular weight excluding hydrogens is 160 g/mol. The molecule has 0 fully saturated rings. The molecule has 0 unspecified atom stereocenters. The topological polar surface area (TPSA) is 30.4 Å². The van der Waals surface area contributed by atoms with E-state index < -0.39 is 0 Å². The number of rotatable bonds is 0. The summed E-state index contributed by atoms with van der Waals surface area (Å²) in [5, 5.41) is 0. The van der Waals surface area contributed by atoms with Crippen LogP contribution in [0.15, 0.2) is 36.7 Å². The van der Waals surface area contributed by atoms with Crippen LogP contribution in [0.1, 0.15) is 0 Å². The van der Waals surface area contributed by atoms with Gasteiger partial charge in [0.25, 0.3) is 0 Å². The second kappa shape index (κ2) is 2.84. The zero-order valence-corrected chi connectivity index (χ0v) is 6.71. The number of halogens is 1. The number of hydrogen-bond donors (Lipinski definition) is 1. The van der Waals surface area contributed by atoms with Gasteiger partial charge in [0.1, 0.15) is 0 Å². The number of hydrogen-bond acceptors (Lipinski definition) is 1. The molecule has 0 aliphatic rings. The maximum absolute atomic E-state index is 5.68. The molecule has 2 N–H and O–H groups in total. The monoisotopic (exact) mass is 168 g/mol. The Morgan fingerprint density at radius 1 is 1.09 bits per heavy atom. The lowest BCUT2D eigenvalue weighted by atomic mass is 10.3. The Hall–Kier alpha value is -1.15. The molecule has 58 valence electrons. The lowest BCUT2D eigenvalue weighted by molar-refractivity contribution is 1.20. The molecule has 0 saturated carbocycles. The van der Waals surface area contributed by atoms with Crippen molar-refractivity contribution < 1.29 is 0 Å². The minimum atomic E-state index is 0. The Kier molecular flexibility index (Phi) is 2.06. The first-order valence-electron chi connectivity index (χ1n) is 3.19. The molecule has 2 heterocycles. The molecule has 3 heteroatoms. The SMILES string of the molecule is Cl.Nc1cccn2cccc12. The molecule has 0 radical (unpaired) electrons. The molecule has 0 bridgehead atoms. The van der Waals surface area contributed by atoms with E-state index in [1.54, 1.807) is 0 Å². The molecule has 0 aromatic carbocycles. The van der Waals surface area contributed by atoms with Gasteiger partial charge in [0.15, 0.2) is 0 Å². The van der Waals surface area contributed by atoms with Crippen LogP contribution in [-0.4, -0.2) is 4.40 Å². The summed E-state index contributed by atoms with van der Waals surface area (Å²) in [5.41, 5.74) is 7.58. The third-order valence-corrected chi connectivity index (χ3v) is 1.60. The summed E-state index contributed by atoms with van der Waals surface area (Å²) in [7, 11) is 0. The minimum absolute atomic E-state index is 0. The van der Waals surface area contributed by atoms with Crippen molar-refractivity contribution in [2.24, 2.45) is 0 Å². The van der Waals surface area contributed by atoms with Gasteiger partial charge in [-0.1, -0.05) is 0 Å². The van der Waals surface area contributed by atoms with Gasteiger partial charge in [0, 0.05) is 12.4 Å². The van der Waals surface area contributed by atoms with E-state index in [0.29, 0.717) is 0 Å². The molecule has 0 saturated heterocycles. The third kappa shape index (κ3) is 1.17. The first-order valence-corrected chi connectivity index (χ1v) is 3.19. The van der Waals surface area contributed by atoms with E-state index in [4.69, 9.17) is 5.73 Å². The van der Waals surface area contributed by atoms with Crippen LogP contribution in [0.25, 0.3) is 5.52 Å². The third-order valence-electron chi connectivity index (χ3n) is 1.60. The van der Waals surface area contributed by atoms with E-state index >= 15 is 0 Å². The Morgan fingerprint density at radius 3 is 2.36 bits per heavy atom. The van der Waals surface area contributed by atoms with Crippen LogP contribution >= 0.6 is 12.4 Å². The van der Waals surface area contributed by atoms with Gasteiger partial charge in [0.05, 0.1) is 11.2 Å². The van der Waals surface area contributed by atoms with E-state index in [-0.39, 0.29) is 12.4 Å². The van der Waals surface area contributed by atoms with Crippen LogP contribution in [0, 0.1) is 0 Å². The highest BCUT2D eigenvalue weighted by molar-refractivity contribution is 5.85. The molecule has 0 amide bonds. The molecule has 2 aromatic heterocycles. The molecule has 11 heavy (non-hydrogen) atoms. The summed E-state index contributed by atoms with van der Waals surface area (Å²) in [4.78, 5) is 0. The number of pyridine rings is 1. The first-order chi connectivity index (χ1) is 4.88. The lowest BCUT2D eigenvalue weighted by Gasteiger charge is -1.95. The quantitative estimate of drug-likeness (QED) is 0.641. The molecule has 0 aliphatic carbocycles. The second-order valence-corrected chi connectivity index (χ2v) is 2.26. The van der Waals surface area contributed by atoms with Crippen molar-refractivity contribution in [2.75, 3.05) is 5.73 Å². The van der Waals surface area contributed by atoms with E-state index in [0.717, 1.165) is 11.2 Å². The van der Waals surface area contributed by atoms with Crippen molar-refractivity contribution >= 4 is 23.6 Å². The van der Waals surface area contributed by atoms with Gasteiger partial charge >= 0.3 is 0 Å². The van der Waals surface area contributed by atoms with E-state index in [9.17, 15) is 0 Å². The largest absolute Gasteiger partial charge is 0.397 e. The van der Waals surface area contributed by atoms with Crippen molar-refractivity contribution in [2.45, 2.75) is 0 Å². The maximum atomic E-state index is 5.68. The predicted molar refractivity (Wildman–Crippen MR) is 49.1 cm³/mol. The van der Waals surface area contributed by atoms with Gasteiger partial charge < -0.3 is 10.1 Å². The summed E-state index contributed by atoms with van der Waals surface area (Å²) in [6.07, 6.45) is 3.96. The molecule has 2 nitrogen and oxygen atoms in total. The first kappa shape index (κ1) is 7.95. The van der Waals surface area contributed by atoms with Crippen molar-refractivity contribution in [1.29, 1.82) is 0 Å². The fourth-order valence-electron chi connectivity index (χ4n) is 1.09. The number of nitrogens with zero attached hydrogens (tertiary/aromatic N) is 1. The van der Waals surface area contributed by atoms with Crippen LogP contribution < -0.4 is 5.73 Å². The van der Waals surface area contributed by atoms with Gasteiger partial charge in [0.2, 0.25) is 0 Å². The number of anilines is 1. The van der Waals surface area contributed by atoms with Crippen molar-refractivity contribution in [3.63, 3.8) is 0 Å². The average molecular weight is 169 g/mol. The van der Waals surface area contributed by atoms with E-state index in [2.05, 4.69) is 0 Å². The van der Waals surface area contributed by atoms with Crippen LogP contribution in [0.3, 0.4) is 0 Å². The van der Waals surface area contributed by atoms with Gasteiger partial charge in [-0.2, -0.15) is 0 Å². The van der Waals surface area contributed by atoms with Crippen molar-refractivity contribution in [1.82, 2.24) is 4.40 Å². The van der Waals surface area contributed by atoms with Crippen LogP contribution in [0.2, 0.25) is 0 Å². The highest BCUT2D eigenvalue weighted by Gasteiger charge is 1.92. The normalized spacial score (nSPS) is 9.45. The van der Waals surface area contributed by atoms with E-state index in [1.807, 2.05) is 41.1 Å². The van der Waals surface area contributed by atoms with Gasteiger partial charge in [-0.3, -0.25) is 0 Å². The fourth-order valence-corrected chi connectivity index (χ4v) is 1.09. The lowest BCUT2D eigenvalue weighted by Crippen LogP contribution is -1.88. The van der Waals surface area contributed by atoms with Crippen molar-refractivity contribution in [3.05, 3.63) is 36.7 Å². The van der Waals surface area contributed by atoms with Gasteiger partial charge in [-0.05, 0) is 24.3 Å². The standard InChI is InChI=1S/C8H8N2.ClH/c9-7-3-1-5-10-6-2-4-8(7)10;/h1-6H,9H2;1H. The minimum Gasteiger partial charge on any atom is -0.397 e. The Bertz CT molecular complexity index is 354. The van der Waals surface area contributed by atoms with Crippen molar-refractivity contribution in [3.8, 4) is 0 Å². The molecule has 0 aliphatic heterocycles. The summed E-state index contributed by atoms with van der Waals surface area (Å²) < 4.78 is 2.00. The van der Waals surface area contributed by atoms with Crippen LogP contribution in [-0.2, 0) is 0 Å². The fraction of sp³-hybridized carbons (Fsp3) is 0. The number of nitrogen functional groups attached to an aromatic ring is 1. The Labute approximate surface area is 71.0 Å².